The van der Waals surface area contributed by atoms with Gasteiger partial charge in [0.05, 0.1) is 5.69 Å². The van der Waals surface area contributed by atoms with Crippen LogP contribution < -0.4 is 4.31 Å². The van der Waals surface area contributed by atoms with E-state index in [2.05, 4.69) is 13.5 Å². The number of rotatable bonds is 2. The number of nitrogens with zero attached hydrogens (tertiary/aromatic N) is 1. The van der Waals surface area contributed by atoms with Crippen molar-refractivity contribution in [3.8, 4) is 0 Å². The second-order valence-corrected chi connectivity index (χ2v) is 9.61. The highest BCUT2D eigenvalue weighted by Crippen LogP contribution is 2.59. The lowest BCUT2D eigenvalue weighted by molar-refractivity contribution is -0.115. The van der Waals surface area contributed by atoms with Gasteiger partial charge in [-0.25, -0.2) is 0 Å². The zero-order valence-corrected chi connectivity index (χ0v) is 16.6. The van der Waals surface area contributed by atoms with Crippen LogP contribution in [0.25, 0.3) is 5.57 Å². The van der Waals surface area contributed by atoms with Crippen LogP contribution in [0.1, 0.15) is 57.1 Å². The maximum Gasteiger partial charge on any atom is 0.366 e. The van der Waals surface area contributed by atoms with Gasteiger partial charge in [0, 0.05) is 12.8 Å². The Labute approximate surface area is 160 Å². The third kappa shape index (κ3) is 2.86. The van der Waals surface area contributed by atoms with E-state index in [-0.39, 0.29) is 5.69 Å². The molecule has 1 aromatic rings. The first kappa shape index (κ1) is 18.4. The van der Waals surface area contributed by atoms with Crippen molar-refractivity contribution < 1.29 is 17.8 Å². The van der Waals surface area contributed by atoms with Crippen molar-refractivity contribution in [1.29, 1.82) is 0 Å². The van der Waals surface area contributed by atoms with Crippen molar-refractivity contribution in [2.75, 3.05) is 4.31 Å². The number of amides is 1. The molecule has 2 atom stereocenters. The summed E-state index contributed by atoms with van der Waals surface area (Å²) in [7, 11) is -4.63. The minimum atomic E-state index is -4.63. The normalized spacial score (nSPS) is 27.1. The second-order valence-electron chi connectivity index (χ2n) is 8.35. The first-order chi connectivity index (χ1) is 12.6. The molecule has 0 bridgehead atoms. The van der Waals surface area contributed by atoms with E-state index in [1.54, 1.807) is 12.1 Å². The van der Waals surface area contributed by atoms with Crippen LogP contribution in [-0.2, 0) is 21.5 Å². The van der Waals surface area contributed by atoms with Crippen molar-refractivity contribution in [1.82, 2.24) is 0 Å². The predicted molar refractivity (Wildman–Crippen MR) is 106 cm³/mol. The van der Waals surface area contributed by atoms with Crippen LogP contribution in [0.15, 0.2) is 35.9 Å². The van der Waals surface area contributed by atoms with Gasteiger partial charge in [-0.1, -0.05) is 30.7 Å². The minimum absolute atomic E-state index is 0.193. The van der Waals surface area contributed by atoms with E-state index in [0.29, 0.717) is 15.6 Å². The molecule has 4 rings (SSSR count). The summed E-state index contributed by atoms with van der Waals surface area (Å²) in [6.07, 6.45) is 6.22. The summed E-state index contributed by atoms with van der Waals surface area (Å²) >= 11 is 0. The zero-order chi connectivity index (χ0) is 19.6. The molecule has 1 fully saturated rings. The molecular weight excluding hydrogens is 362 g/mol. The summed E-state index contributed by atoms with van der Waals surface area (Å²) in [5.41, 5.74) is 6.93. The van der Waals surface area contributed by atoms with Crippen molar-refractivity contribution in [2.45, 2.75) is 52.4 Å². The lowest BCUT2D eigenvalue weighted by Gasteiger charge is -2.42. The molecule has 0 aliphatic heterocycles. The summed E-state index contributed by atoms with van der Waals surface area (Å²) in [4.78, 5) is 11.8. The first-order valence-electron chi connectivity index (χ1n) is 9.43. The first-order valence-corrected chi connectivity index (χ1v) is 10.8. The molecule has 1 saturated carbocycles. The lowest BCUT2D eigenvalue weighted by Crippen LogP contribution is -2.35. The molecule has 1 N–H and O–H groups in total. The average molecular weight is 388 g/mol. The number of benzene rings is 1. The Hall–Kier alpha value is -1.92. The van der Waals surface area contributed by atoms with Crippen molar-refractivity contribution >= 4 is 27.5 Å². The van der Waals surface area contributed by atoms with Gasteiger partial charge in [0.1, 0.15) is 0 Å². The molecule has 0 aromatic heterocycles. The molecule has 0 saturated heterocycles. The molecule has 0 unspecified atom stereocenters. The molecular formula is C21H25NO4S. The molecule has 144 valence electrons. The number of fused-ring (bicyclic) bond motifs is 4. The molecule has 5 nitrogen and oxygen atoms in total. The number of carbonyl (C=O) groups excluding carboxylic acids is 1. The van der Waals surface area contributed by atoms with E-state index < -0.39 is 16.2 Å². The summed E-state index contributed by atoms with van der Waals surface area (Å²) in [6, 6.07) is 5.24. The smallest absolute Gasteiger partial charge is 0.274 e. The Morgan fingerprint density at radius 3 is 2.59 bits per heavy atom. The molecule has 27 heavy (non-hydrogen) atoms. The molecule has 0 spiro atoms. The van der Waals surface area contributed by atoms with Crippen LogP contribution in [0.2, 0.25) is 0 Å². The van der Waals surface area contributed by atoms with Crippen LogP contribution in [-0.4, -0.2) is 18.9 Å². The number of hydrogen-bond acceptors (Lipinski definition) is 3. The monoisotopic (exact) mass is 387 g/mol. The van der Waals surface area contributed by atoms with Crippen molar-refractivity contribution in [3.05, 3.63) is 47.1 Å². The molecule has 1 aromatic carbocycles. The highest BCUT2D eigenvalue weighted by Gasteiger charge is 2.46. The maximum absolute atomic E-state index is 11.8. The van der Waals surface area contributed by atoms with Crippen LogP contribution >= 0.6 is 0 Å². The Bertz CT molecular complexity index is 991. The summed E-state index contributed by atoms with van der Waals surface area (Å²) < 4.78 is 33.1. The Morgan fingerprint density at radius 2 is 1.93 bits per heavy atom. The third-order valence-corrected chi connectivity index (χ3v) is 7.56. The minimum Gasteiger partial charge on any atom is -0.274 e. The van der Waals surface area contributed by atoms with E-state index in [4.69, 9.17) is 0 Å². The number of aryl methyl sites for hydroxylation is 1. The van der Waals surface area contributed by atoms with E-state index >= 15 is 0 Å². The summed E-state index contributed by atoms with van der Waals surface area (Å²) in [6.45, 7) is 7.85. The van der Waals surface area contributed by atoms with Gasteiger partial charge < -0.3 is 0 Å². The van der Waals surface area contributed by atoms with Gasteiger partial charge in [0.2, 0.25) is 5.91 Å². The van der Waals surface area contributed by atoms with E-state index in [1.807, 2.05) is 6.07 Å². The largest absolute Gasteiger partial charge is 0.366 e. The van der Waals surface area contributed by atoms with Crippen molar-refractivity contribution in [3.63, 3.8) is 0 Å². The molecule has 6 heteroatoms. The number of allylic oxidation sites excluding steroid dienone is 3. The van der Waals surface area contributed by atoms with Gasteiger partial charge in [0.25, 0.3) is 0 Å². The molecule has 3 aliphatic rings. The quantitative estimate of drug-likeness (QED) is 0.606. The number of carbonyl (C=O) groups is 1. The Kier molecular flexibility index (Phi) is 4.13. The Balaban J connectivity index is 1.79. The van der Waals surface area contributed by atoms with Gasteiger partial charge in [-0.05, 0) is 72.8 Å². The second kappa shape index (κ2) is 6.04. The van der Waals surface area contributed by atoms with E-state index in [0.717, 1.165) is 50.2 Å². The molecule has 0 radical (unpaired) electrons. The number of anilines is 1. The average Bonchev–Trinajstić information content (AvgIpc) is 2.88. The highest BCUT2D eigenvalue weighted by atomic mass is 32.2. The van der Waals surface area contributed by atoms with Crippen LogP contribution in [0.3, 0.4) is 0 Å². The van der Waals surface area contributed by atoms with Gasteiger partial charge in [-0.2, -0.15) is 12.7 Å². The van der Waals surface area contributed by atoms with E-state index in [1.165, 1.54) is 23.1 Å². The van der Waals surface area contributed by atoms with Gasteiger partial charge in [-0.15, -0.1) is 0 Å². The maximum atomic E-state index is 11.8. The van der Waals surface area contributed by atoms with Crippen molar-refractivity contribution in [2.24, 2.45) is 11.3 Å². The third-order valence-electron chi connectivity index (χ3n) is 6.63. The lowest BCUT2D eigenvalue weighted by atomic mass is 9.62. The highest BCUT2D eigenvalue weighted by molar-refractivity contribution is 7.88. The fourth-order valence-corrected chi connectivity index (χ4v) is 6.17. The summed E-state index contributed by atoms with van der Waals surface area (Å²) in [5, 5.41) is 0. The van der Waals surface area contributed by atoms with E-state index in [9.17, 15) is 17.8 Å². The predicted octanol–water partition coefficient (Wildman–Crippen LogP) is 4.31. The SMILES string of the molecule is C=C1CC[C@@]2(C)CCC3=C(CCc4cc(N(C(C)=O)S(=O)(=O)O)ccc43)[C@H]12. The fraction of sp³-hybridized carbons (Fsp3) is 0.476. The summed E-state index contributed by atoms with van der Waals surface area (Å²) in [5.74, 6) is -0.274. The van der Waals surface area contributed by atoms with Gasteiger partial charge >= 0.3 is 10.3 Å². The molecule has 1 amide bonds. The van der Waals surface area contributed by atoms with Gasteiger partial charge in [0.15, 0.2) is 0 Å². The fourth-order valence-electron chi connectivity index (χ4n) is 5.47. The topological polar surface area (TPSA) is 74.7 Å². The van der Waals surface area contributed by atoms with Crippen LogP contribution in [0.5, 0.6) is 0 Å². The number of hydrogen-bond donors (Lipinski definition) is 1. The molecule has 0 heterocycles. The standard InChI is InChI=1S/C21H25NO4S/c1-13-8-10-21(3)11-9-18-17-7-5-16(22(14(2)23)27(24,25)26)12-15(17)4-6-19(18)20(13)21/h5,7,12,20H,1,4,6,8-11H2,2-3H3,(H,24,25,26)/t20-,21-/m0/s1. The van der Waals surface area contributed by atoms with Gasteiger partial charge in [-0.3, -0.25) is 9.35 Å². The molecule has 3 aliphatic carbocycles. The zero-order valence-electron chi connectivity index (χ0n) is 15.8. The van der Waals surface area contributed by atoms with Crippen LogP contribution in [0, 0.1) is 11.3 Å². The van der Waals surface area contributed by atoms with Crippen LogP contribution in [0.4, 0.5) is 5.69 Å². The Morgan fingerprint density at radius 1 is 1.22 bits per heavy atom.